The Morgan fingerprint density at radius 2 is 2.00 bits per heavy atom. The third kappa shape index (κ3) is 8.68. The molecule has 5 heteroatoms. The van der Waals surface area contributed by atoms with Crippen LogP contribution in [0.2, 0.25) is 0 Å². The summed E-state index contributed by atoms with van der Waals surface area (Å²) in [6.07, 6.45) is 2.34. The Bertz CT molecular complexity index is 241. The molecular formula is C12H23NO4. The number of amides is 1. The van der Waals surface area contributed by atoms with Gasteiger partial charge < -0.3 is 15.2 Å². The topological polar surface area (TPSA) is 75.6 Å². The van der Waals surface area contributed by atoms with Crippen LogP contribution in [-0.2, 0) is 14.3 Å². The highest BCUT2D eigenvalue weighted by molar-refractivity contribution is 5.84. The van der Waals surface area contributed by atoms with Crippen LogP contribution in [0.25, 0.3) is 0 Å². The van der Waals surface area contributed by atoms with Gasteiger partial charge in [0, 0.05) is 6.61 Å². The maximum absolute atomic E-state index is 11.4. The Hall–Kier alpha value is -1.10. The molecule has 0 heterocycles. The molecule has 1 atom stereocenters. The van der Waals surface area contributed by atoms with Crippen LogP contribution in [-0.4, -0.2) is 36.2 Å². The van der Waals surface area contributed by atoms with Gasteiger partial charge in [0.05, 0.1) is 0 Å². The van der Waals surface area contributed by atoms with E-state index in [1.54, 1.807) is 0 Å². The number of unbranched alkanes of at least 4 members (excludes halogenated alkanes) is 1. The highest BCUT2D eigenvalue weighted by atomic mass is 16.5. The second-order valence-electron chi connectivity index (χ2n) is 4.49. The molecule has 0 aliphatic heterocycles. The van der Waals surface area contributed by atoms with Gasteiger partial charge in [-0.15, -0.1) is 0 Å². The number of rotatable bonds is 9. The van der Waals surface area contributed by atoms with E-state index in [1.807, 2.05) is 20.8 Å². The Kier molecular flexibility index (Phi) is 8.40. The number of hydrogen-bond donors (Lipinski definition) is 2. The molecule has 0 bridgehead atoms. The van der Waals surface area contributed by atoms with Gasteiger partial charge in [0.15, 0.2) is 0 Å². The van der Waals surface area contributed by atoms with Crippen LogP contribution < -0.4 is 5.32 Å². The summed E-state index contributed by atoms with van der Waals surface area (Å²) in [5, 5.41) is 11.4. The summed E-state index contributed by atoms with van der Waals surface area (Å²) in [6, 6.07) is -0.822. The van der Waals surface area contributed by atoms with Crippen LogP contribution in [0.5, 0.6) is 0 Å². The first kappa shape index (κ1) is 15.9. The van der Waals surface area contributed by atoms with Gasteiger partial charge in [-0.1, -0.05) is 27.2 Å². The molecule has 0 saturated heterocycles. The van der Waals surface area contributed by atoms with E-state index < -0.39 is 12.0 Å². The van der Waals surface area contributed by atoms with Gasteiger partial charge in [0.2, 0.25) is 5.91 Å². The molecular weight excluding hydrogens is 222 g/mol. The van der Waals surface area contributed by atoms with Crippen LogP contribution in [0, 0.1) is 5.92 Å². The lowest BCUT2D eigenvalue weighted by atomic mass is 10.0. The average molecular weight is 245 g/mol. The minimum atomic E-state index is -0.999. The van der Waals surface area contributed by atoms with Crippen molar-refractivity contribution in [3.8, 4) is 0 Å². The minimum absolute atomic E-state index is 0.0676. The lowest BCUT2D eigenvalue weighted by molar-refractivity contribution is -0.143. The zero-order valence-corrected chi connectivity index (χ0v) is 10.9. The maximum atomic E-state index is 11.4. The standard InChI is InChI=1S/C12H23NO4/c1-4-5-6-17-8-11(14)13-10(12(15)16)7-9(2)3/h9-10H,4-8H2,1-3H3,(H,13,14)(H,15,16). The number of ether oxygens (including phenoxy) is 1. The quantitative estimate of drug-likeness (QED) is 0.602. The number of carboxylic acids is 1. The molecule has 0 aliphatic rings. The van der Waals surface area contributed by atoms with Gasteiger partial charge in [-0.05, 0) is 18.8 Å². The van der Waals surface area contributed by atoms with E-state index in [4.69, 9.17) is 9.84 Å². The smallest absolute Gasteiger partial charge is 0.326 e. The van der Waals surface area contributed by atoms with Gasteiger partial charge in [-0.25, -0.2) is 4.79 Å². The van der Waals surface area contributed by atoms with E-state index in [0.717, 1.165) is 12.8 Å². The Morgan fingerprint density at radius 3 is 2.47 bits per heavy atom. The largest absolute Gasteiger partial charge is 0.480 e. The van der Waals surface area contributed by atoms with Crippen molar-refractivity contribution in [1.29, 1.82) is 0 Å². The second-order valence-corrected chi connectivity index (χ2v) is 4.49. The predicted octanol–water partition coefficient (Wildman–Crippen LogP) is 1.42. The molecule has 5 nitrogen and oxygen atoms in total. The van der Waals surface area contributed by atoms with Crippen molar-refractivity contribution in [1.82, 2.24) is 5.32 Å². The first-order chi connectivity index (χ1) is 7.97. The van der Waals surface area contributed by atoms with Crippen LogP contribution in [0.4, 0.5) is 0 Å². The molecule has 0 aromatic carbocycles. The van der Waals surface area contributed by atoms with Gasteiger partial charge >= 0.3 is 5.97 Å². The lowest BCUT2D eigenvalue weighted by Gasteiger charge is -2.16. The van der Waals surface area contributed by atoms with Crippen molar-refractivity contribution in [3.05, 3.63) is 0 Å². The van der Waals surface area contributed by atoms with Crippen LogP contribution in [0.3, 0.4) is 0 Å². The van der Waals surface area contributed by atoms with Gasteiger partial charge in [0.1, 0.15) is 12.6 Å². The van der Waals surface area contributed by atoms with Gasteiger partial charge in [-0.3, -0.25) is 4.79 Å². The second kappa shape index (κ2) is 8.98. The summed E-state index contributed by atoms with van der Waals surface area (Å²) in [4.78, 5) is 22.3. The number of nitrogens with one attached hydrogen (secondary N) is 1. The zero-order valence-electron chi connectivity index (χ0n) is 10.9. The van der Waals surface area contributed by atoms with Gasteiger partial charge in [-0.2, -0.15) is 0 Å². The maximum Gasteiger partial charge on any atom is 0.326 e. The molecule has 17 heavy (non-hydrogen) atoms. The summed E-state index contributed by atoms with van der Waals surface area (Å²) in [7, 11) is 0. The number of aliphatic carboxylic acids is 1. The molecule has 1 unspecified atom stereocenters. The third-order valence-electron chi connectivity index (χ3n) is 2.22. The van der Waals surface area contributed by atoms with Crippen molar-refractivity contribution >= 4 is 11.9 Å². The first-order valence-corrected chi connectivity index (χ1v) is 6.07. The van der Waals surface area contributed by atoms with Crippen LogP contribution >= 0.6 is 0 Å². The monoisotopic (exact) mass is 245 g/mol. The van der Waals surface area contributed by atoms with E-state index in [2.05, 4.69) is 5.32 Å². The molecule has 0 radical (unpaired) electrons. The Labute approximate surface area is 103 Å². The summed E-state index contributed by atoms with van der Waals surface area (Å²) in [5.74, 6) is -1.15. The van der Waals surface area contributed by atoms with Crippen LogP contribution in [0.15, 0.2) is 0 Å². The van der Waals surface area contributed by atoms with Crippen molar-refractivity contribution in [2.75, 3.05) is 13.2 Å². The predicted molar refractivity (Wildman–Crippen MR) is 64.7 cm³/mol. The number of carbonyl (C=O) groups excluding carboxylic acids is 1. The van der Waals surface area contributed by atoms with Crippen molar-refractivity contribution in [2.24, 2.45) is 5.92 Å². The van der Waals surface area contributed by atoms with Crippen molar-refractivity contribution in [2.45, 2.75) is 46.1 Å². The lowest BCUT2D eigenvalue weighted by Crippen LogP contribution is -2.43. The summed E-state index contributed by atoms with van der Waals surface area (Å²) >= 11 is 0. The number of carbonyl (C=O) groups is 2. The van der Waals surface area contributed by atoms with E-state index in [0.29, 0.717) is 13.0 Å². The number of carboxylic acid groups (broad SMARTS) is 1. The van der Waals surface area contributed by atoms with E-state index in [1.165, 1.54) is 0 Å². The summed E-state index contributed by atoms with van der Waals surface area (Å²) in [6.45, 7) is 6.33. The normalized spacial score (nSPS) is 12.5. The van der Waals surface area contributed by atoms with Crippen molar-refractivity contribution in [3.63, 3.8) is 0 Å². The SMILES string of the molecule is CCCCOCC(=O)NC(CC(C)C)C(=O)O. The molecule has 0 saturated carbocycles. The third-order valence-corrected chi connectivity index (χ3v) is 2.22. The fraction of sp³-hybridized carbons (Fsp3) is 0.833. The molecule has 0 aromatic rings. The van der Waals surface area contributed by atoms with E-state index in [9.17, 15) is 9.59 Å². The average Bonchev–Trinajstić information content (AvgIpc) is 2.22. The van der Waals surface area contributed by atoms with Gasteiger partial charge in [0.25, 0.3) is 0 Å². The highest BCUT2D eigenvalue weighted by Crippen LogP contribution is 2.04. The van der Waals surface area contributed by atoms with E-state index in [-0.39, 0.29) is 18.4 Å². The fourth-order valence-corrected chi connectivity index (χ4v) is 1.34. The first-order valence-electron chi connectivity index (χ1n) is 6.07. The molecule has 0 spiro atoms. The summed E-state index contributed by atoms with van der Waals surface area (Å²) in [5.41, 5.74) is 0. The summed E-state index contributed by atoms with van der Waals surface area (Å²) < 4.78 is 5.12. The minimum Gasteiger partial charge on any atom is -0.480 e. The molecule has 100 valence electrons. The van der Waals surface area contributed by atoms with E-state index >= 15 is 0 Å². The zero-order chi connectivity index (χ0) is 13.3. The van der Waals surface area contributed by atoms with Crippen LogP contribution in [0.1, 0.15) is 40.0 Å². The molecule has 2 N–H and O–H groups in total. The highest BCUT2D eigenvalue weighted by Gasteiger charge is 2.20. The molecule has 0 aliphatic carbocycles. The number of hydrogen-bond acceptors (Lipinski definition) is 3. The van der Waals surface area contributed by atoms with Crippen molar-refractivity contribution < 1.29 is 19.4 Å². The Morgan fingerprint density at radius 1 is 1.35 bits per heavy atom. The molecule has 0 aromatic heterocycles. The molecule has 0 fully saturated rings. The molecule has 1 amide bonds. The fourth-order valence-electron chi connectivity index (χ4n) is 1.34. The molecule has 0 rings (SSSR count). The Balaban J connectivity index is 3.91.